The minimum absolute atomic E-state index is 0.0137. The van der Waals surface area contributed by atoms with Crippen LogP contribution in [0.4, 0.5) is 0 Å². The maximum absolute atomic E-state index is 13.1. The predicted molar refractivity (Wildman–Crippen MR) is 121 cm³/mol. The van der Waals surface area contributed by atoms with Crippen LogP contribution in [-0.4, -0.2) is 33.4 Å². The van der Waals surface area contributed by atoms with Gasteiger partial charge in [0.05, 0.1) is 31.0 Å². The molecule has 0 bridgehead atoms. The molecule has 1 aliphatic heterocycles. The molecule has 7 heteroatoms. The number of rotatable bonds is 7. The van der Waals surface area contributed by atoms with Gasteiger partial charge in [-0.1, -0.05) is 38.1 Å². The van der Waals surface area contributed by atoms with Crippen LogP contribution in [0.5, 0.6) is 11.5 Å². The molecule has 33 heavy (non-hydrogen) atoms. The van der Waals surface area contributed by atoms with Crippen LogP contribution in [0.25, 0.3) is 5.76 Å². The van der Waals surface area contributed by atoms with Crippen molar-refractivity contribution in [1.29, 1.82) is 0 Å². The van der Waals surface area contributed by atoms with Gasteiger partial charge in [0.15, 0.2) is 0 Å². The van der Waals surface area contributed by atoms with E-state index in [2.05, 4.69) is 0 Å². The first-order chi connectivity index (χ1) is 15.8. The summed E-state index contributed by atoms with van der Waals surface area (Å²) >= 11 is 0. The second-order valence-corrected chi connectivity index (χ2v) is 8.33. The zero-order chi connectivity index (χ0) is 23.5. The number of nitrogens with zero attached hydrogens (tertiary/aromatic N) is 1. The quantitative estimate of drug-likeness (QED) is 0.311. The van der Waals surface area contributed by atoms with Crippen LogP contribution in [0.2, 0.25) is 0 Å². The SMILES string of the molecule is CC(C)COc1cccc(/C(O)=C2/C(=O)C(=O)N(Cc3ccco3)C2c2cccc(O)c2)c1. The molecule has 2 heterocycles. The summed E-state index contributed by atoms with van der Waals surface area (Å²) in [5.74, 6) is -0.522. The number of ether oxygens (including phenoxy) is 1. The lowest BCUT2D eigenvalue weighted by Gasteiger charge is -2.24. The Morgan fingerprint density at radius 3 is 2.58 bits per heavy atom. The van der Waals surface area contributed by atoms with E-state index in [0.29, 0.717) is 35.2 Å². The highest BCUT2D eigenvalue weighted by molar-refractivity contribution is 6.46. The van der Waals surface area contributed by atoms with Crippen LogP contribution < -0.4 is 4.74 Å². The van der Waals surface area contributed by atoms with E-state index in [1.54, 1.807) is 48.5 Å². The lowest BCUT2D eigenvalue weighted by Crippen LogP contribution is -2.29. The van der Waals surface area contributed by atoms with Gasteiger partial charge in [0.25, 0.3) is 11.7 Å². The van der Waals surface area contributed by atoms with Crippen molar-refractivity contribution in [2.75, 3.05) is 6.61 Å². The molecular weight excluding hydrogens is 422 g/mol. The largest absolute Gasteiger partial charge is 0.508 e. The van der Waals surface area contributed by atoms with Gasteiger partial charge in [0.2, 0.25) is 0 Å². The number of hydrogen-bond donors (Lipinski definition) is 2. The van der Waals surface area contributed by atoms with E-state index >= 15 is 0 Å². The Bertz CT molecular complexity index is 1200. The van der Waals surface area contributed by atoms with Gasteiger partial charge in [0.1, 0.15) is 23.0 Å². The fourth-order valence-electron chi connectivity index (χ4n) is 3.81. The molecule has 1 aromatic heterocycles. The van der Waals surface area contributed by atoms with Crippen molar-refractivity contribution in [2.24, 2.45) is 5.92 Å². The number of aliphatic hydroxyl groups is 1. The molecule has 170 valence electrons. The highest BCUT2D eigenvalue weighted by Crippen LogP contribution is 2.41. The van der Waals surface area contributed by atoms with Gasteiger partial charge < -0.3 is 24.3 Å². The number of furan rings is 1. The number of Topliss-reactive ketones (excluding diaryl/α,β-unsaturated/α-hetero) is 1. The number of benzene rings is 2. The molecule has 0 aliphatic carbocycles. The predicted octanol–water partition coefficient (Wildman–Crippen LogP) is 4.64. The van der Waals surface area contributed by atoms with Crippen LogP contribution in [0, 0.1) is 5.92 Å². The highest BCUT2D eigenvalue weighted by atomic mass is 16.5. The zero-order valence-electron chi connectivity index (χ0n) is 18.4. The van der Waals surface area contributed by atoms with Crippen molar-refractivity contribution in [3.8, 4) is 11.5 Å². The monoisotopic (exact) mass is 447 g/mol. The van der Waals surface area contributed by atoms with Crippen molar-refractivity contribution >= 4 is 17.4 Å². The molecule has 2 aromatic carbocycles. The van der Waals surface area contributed by atoms with Crippen LogP contribution in [0.15, 0.2) is 76.9 Å². The molecule has 1 atom stereocenters. The van der Waals surface area contributed by atoms with Gasteiger partial charge in [-0.25, -0.2) is 0 Å². The van der Waals surface area contributed by atoms with E-state index in [4.69, 9.17) is 9.15 Å². The van der Waals surface area contributed by atoms with Crippen molar-refractivity contribution < 1.29 is 29.0 Å². The molecule has 0 saturated carbocycles. The zero-order valence-corrected chi connectivity index (χ0v) is 18.4. The molecule has 1 saturated heterocycles. The minimum Gasteiger partial charge on any atom is -0.508 e. The van der Waals surface area contributed by atoms with Gasteiger partial charge in [-0.05, 0) is 47.9 Å². The summed E-state index contributed by atoms with van der Waals surface area (Å²) in [4.78, 5) is 27.4. The maximum atomic E-state index is 13.1. The fourth-order valence-corrected chi connectivity index (χ4v) is 3.81. The van der Waals surface area contributed by atoms with E-state index in [0.717, 1.165) is 0 Å². The third-order valence-electron chi connectivity index (χ3n) is 5.32. The third-order valence-corrected chi connectivity index (χ3v) is 5.32. The number of amides is 1. The number of hydrogen-bond acceptors (Lipinski definition) is 6. The molecule has 2 N–H and O–H groups in total. The van der Waals surface area contributed by atoms with Crippen molar-refractivity contribution in [1.82, 2.24) is 4.90 Å². The Labute approximate surface area is 191 Å². The van der Waals surface area contributed by atoms with Crippen LogP contribution in [0.3, 0.4) is 0 Å². The number of phenols is 1. The number of aliphatic hydroxyl groups excluding tert-OH is 1. The number of carbonyl (C=O) groups excluding carboxylic acids is 2. The second kappa shape index (κ2) is 9.24. The molecule has 1 amide bonds. The summed E-state index contributed by atoms with van der Waals surface area (Å²) < 4.78 is 11.1. The number of ketones is 1. The Morgan fingerprint density at radius 2 is 1.88 bits per heavy atom. The standard InChI is InChI=1S/C26H25NO6/c1-16(2)15-33-20-9-4-7-18(13-20)24(29)22-23(17-6-3-8-19(28)12-17)27(26(31)25(22)30)14-21-10-5-11-32-21/h3-13,16,23,28-29H,14-15H2,1-2H3/b24-22-. The van der Waals surface area contributed by atoms with Crippen molar-refractivity contribution in [3.05, 3.63) is 89.4 Å². The topological polar surface area (TPSA) is 100 Å². The Balaban J connectivity index is 1.80. The van der Waals surface area contributed by atoms with Crippen LogP contribution in [0.1, 0.15) is 36.8 Å². The number of carbonyl (C=O) groups is 2. The van der Waals surface area contributed by atoms with E-state index in [-0.39, 0.29) is 23.6 Å². The van der Waals surface area contributed by atoms with Crippen LogP contribution in [-0.2, 0) is 16.1 Å². The second-order valence-electron chi connectivity index (χ2n) is 8.33. The molecule has 1 fully saturated rings. The van der Waals surface area contributed by atoms with E-state index < -0.39 is 17.7 Å². The Kier molecular flexibility index (Phi) is 6.22. The van der Waals surface area contributed by atoms with Gasteiger partial charge >= 0.3 is 0 Å². The van der Waals surface area contributed by atoms with Crippen molar-refractivity contribution in [3.63, 3.8) is 0 Å². The smallest absolute Gasteiger partial charge is 0.296 e. The average Bonchev–Trinajstić information content (AvgIpc) is 3.40. The number of phenolic OH excluding ortho intramolecular Hbond substituents is 1. The van der Waals surface area contributed by atoms with E-state index in [1.807, 2.05) is 13.8 Å². The van der Waals surface area contributed by atoms with E-state index in [1.165, 1.54) is 23.3 Å². The lowest BCUT2D eigenvalue weighted by molar-refractivity contribution is -0.140. The van der Waals surface area contributed by atoms with Gasteiger partial charge in [-0.15, -0.1) is 0 Å². The molecule has 3 aromatic rings. The Hall–Kier alpha value is -4.00. The summed E-state index contributed by atoms with van der Waals surface area (Å²) in [5.41, 5.74) is 0.796. The molecule has 4 rings (SSSR count). The summed E-state index contributed by atoms with van der Waals surface area (Å²) in [7, 11) is 0. The van der Waals surface area contributed by atoms with Crippen LogP contribution >= 0.6 is 0 Å². The first-order valence-electron chi connectivity index (χ1n) is 10.7. The van der Waals surface area contributed by atoms with E-state index in [9.17, 15) is 19.8 Å². The molecule has 0 spiro atoms. The van der Waals surface area contributed by atoms with Crippen molar-refractivity contribution in [2.45, 2.75) is 26.4 Å². The van der Waals surface area contributed by atoms with Gasteiger partial charge in [-0.3, -0.25) is 9.59 Å². The lowest BCUT2D eigenvalue weighted by atomic mass is 9.95. The number of likely N-dealkylation sites (tertiary alicyclic amines) is 1. The maximum Gasteiger partial charge on any atom is 0.296 e. The summed E-state index contributed by atoms with van der Waals surface area (Å²) in [5, 5.41) is 21.2. The number of aromatic hydroxyl groups is 1. The van der Waals surface area contributed by atoms with Gasteiger partial charge in [-0.2, -0.15) is 0 Å². The molecule has 0 radical (unpaired) electrons. The molecule has 1 aliphatic rings. The summed E-state index contributed by atoms with van der Waals surface area (Å²) in [6, 6.07) is 15.6. The third kappa shape index (κ3) is 4.62. The fraction of sp³-hybridized carbons (Fsp3) is 0.231. The van der Waals surface area contributed by atoms with Gasteiger partial charge in [0, 0.05) is 5.56 Å². The average molecular weight is 447 g/mol. The summed E-state index contributed by atoms with van der Waals surface area (Å²) in [6.07, 6.45) is 1.48. The molecular formula is C26H25NO6. The Morgan fingerprint density at radius 1 is 1.09 bits per heavy atom. The first kappa shape index (κ1) is 22.2. The first-order valence-corrected chi connectivity index (χ1v) is 10.7. The minimum atomic E-state index is -0.901. The normalized spacial score (nSPS) is 17.7. The molecule has 1 unspecified atom stereocenters. The highest BCUT2D eigenvalue weighted by Gasteiger charge is 2.46. The molecule has 7 nitrogen and oxygen atoms in total. The summed E-state index contributed by atoms with van der Waals surface area (Å²) in [6.45, 7) is 4.59.